The zero-order valence-corrected chi connectivity index (χ0v) is 11.3. The maximum atomic E-state index is 12.4. The first-order valence-corrected chi connectivity index (χ1v) is 7.49. The number of H-pyrrole nitrogens is 1. The third kappa shape index (κ3) is 2.23. The Morgan fingerprint density at radius 3 is 2.15 bits per heavy atom. The number of nitrogens with zero attached hydrogens (tertiary/aromatic N) is 1. The van der Waals surface area contributed by atoms with Gasteiger partial charge in [-0.1, -0.05) is 48.5 Å². The Bertz CT molecular complexity index is 809. The van der Waals surface area contributed by atoms with Crippen LogP contribution in [0.25, 0.3) is 11.4 Å². The van der Waals surface area contributed by atoms with Gasteiger partial charge in [0.2, 0.25) is 9.84 Å². The van der Waals surface area contributed by atoms with Crippen LogP contribution >= 0.6 is 0 Å². The highest BCUT2D eigenvalue weighted by atomic mass is 32.2. The Hall–Kier alpha value is -2.40. The Labute approximate surface area is 117 Å². The molecule has 0 fully saturated rings. The molecule has 0 amide bonds. The lowest BCUT2D eigenvalue weighted by molar-refractivity contribution is 0.593. The molecule has 2 aromatic carbocycles. The van der Waals surface area contributed by atoms with Crippen LogP contribution in [0.4, 0.5) is 0 Å². The van der Waals surface area contributed by atoms with Gasteiger partial charge in [-0.05, 0) is 12.1 Å². The van der Waals surface area contributed by atoms with Crippen LogP contribution in [0.2, 0.25) is 0 Å². The molecule has 0 unspecified atom stereocenters. The highest BCUT2D eigenvalue weighted by molar-refractivity contribution is 7.91. The topological polar surface area (TPSA) is 62.8 Å². The standard InChI is InChI=1S/C15H11N2O2S/c18-20(19,13-9-5-2-6-10-13)14-11-16-15(17-14)12-7-3-1-4-8-12/h1-10H,(H,16,17). The van der Waals surface area contributed by atoms with Crippen LogP contribution in [0.3, 0.4) is 0 Å². The van der Waals surface area contributed by atoms with E-state index < -0.39 is 9.84 Å². The molecule has 0 aliphatic heterocycles. The Kier molecular flexibility index (Phi) is 3.12. The van der Waals surface area contributed by atoms with Gasteiger partial charge in [0.15, 0.2) is 5.03 Å². The summed E-state index contributed by atoms with van der Waals surface area (Å²) in [7, 11) is -3.62. The van der Waals surface area contributed by atoms with Crippen LogP contribution in [0.1, 0.15) is 0 Å². The van der Waals surface area contributed by atoms with E-state index in [1.54, 1.807) is 30.3 Å². The fourth-order valence-electron chi connectivity index (χ4n) is 1.84. The van der Waals surface area contributed by atoms with Crippen molar-refractivity contribution in [1.29, 1.82) is 0 Å². The summed E-state index contributed by atoms with van der Waals surface area (Å²) < 4.78 is 24.7. The van der Waals surface area contributed by atoms with Crippen LogP contribution in [0.15, 0.2) is 70.6 Å². The average Bonchev–Trinajstić information content (AvgIpc) is 3.00. The van der Waals surface area contributed by atoms with E-state index >= 15 is 0 Å². The van der Waals surface area contributed by atoms with E-state index in [2.05, 4.69) is 16.2 Å². The minimum absolute atomic E-state index is 0.0949. The first-order valence-electron chi connectivity index (χ1n) is 6.01. The van der Waals surface area contributed by atoms with E-state index in [1.807, 2.05) is 30.3 Å². The van der Waals surface area contributed by atoms with Gasteiger partial charge in [-0.2, -0.15) is 0 Å². The van der Waals surface area contributed by atoms with Gasteiger partial charge in [0.05, 0.1) is 4.90 Å². The molecule has 0 spiro atoms. The number of sulfone groups is 1. The summed E-state index contributed by atoms with van der Waals surface area (Å²) in [6, 6.07) is 17.5. The molecule has 3 rings (SSSR count). The molecule has 1 aromatic heterocycles. The summed E-state index contributed by atoms with van der Waals surface area (Å²) in [6.07, 6.45) is 2.62. The van der Waals surface area contributed by atoms with Crippen LogP contribution < -0.4 is 0 Å². The van der Waals surface area contributed by atoms with Crippen molar-refractivity contribution in [3.05, 3.63) is 66.9 Å². The minimum Gasteiger partial charge on any atom is -0.336 e. The fourth-order valence-corrected chi connectivity index (χ4v) is 2.98. The average molecular weight is 283 g/mol. The van der Waals surface area contributed by atoms with Gasteiger partial charge in [0.1, 0.15) is 12.0 Å². The first-order chi connectivity index (χ1) is 9.68. The lowest BCUT2D eigenvalue weighted by atomic mass is 10.2. The van der Waals surface area contributed by atoms with Crippen molar-refractivity contribution >= 4 is 9.84 Å². The van der Waals surface area contributed by atoms with Gasteiger partial charge < -0.3 is 4.98 Å². The molecule has 99 valence electrons. The second kappa shape index (κ2) is 4.94. The zero-order valence-electron chi connectivity index (χ0n) is 10.4. The van der Waals surface area contributed by atoms with E-state index in [9.17, 15) is 8.42 Å². The quantitative estimate of drug-likeness (QED) is 0.804. The van der Waals surface area contributed by atoms with Crippen molar-refractivity contribution < 1.29 is 8.42 Å². The molecule has 4 nitrogen and oxygen atoms in total. The molecule has 0 atom stereocenters. The molecular formula is C15H11N2O2S. The Balaban J connectivity index is 2.03. The van der Waals surface area contributed by atoms with Gasteiger partial charge in [-0.15, -0.1) is 0 Å². The smallest absolute Gasteiger partial charge is 0.226 e. The second-order valence-corrected chi connectivity index (χ2v) is 6.06. The predicted molar refractivity (Wildman–Crippen MR) is 74.8 cm³/mol. The summed E-state index contributed by atoms with van der Waals surface area (Å²) in [5.74, 6) is 0.486. The van der Waals surface area contributed by atoms with Gasteiger partial charge in [0.25, 0.3) is 0 Å². The number of hydrogen-bond donors (Lipinski definition) is 1. The Morgan fingerprint density at radius 2 is 1.50 bits per heavy atom. The summed E-state index contributed by atoms with van der Waals surface area (Å²) in [5, 5.41) is -0.0949. The molecule has 3 aromatic rings. The van der Waals surface area contributed by atoms with Gasteiger partial charge in [-0.25, -0.2) is 13.4 Å². The summed E-state index contributed by atoms with van der Waals surface area (Å²) in [6.45, 7) is 0. The summed E-state index contributed by atoms with van der Waals surface area (Å²) in [5.41, 5.74) is 0.818. The zero-order chi connectivity index (χ0) is 14.0. The summed E-state index contributed by atoms with van der Waals surface area (Å²) in [4.78, 5) is 7.12. The molecular weight excluding hydrogens is 272 g/mol. The number of benzene rings is 2. The van der Waals surface area contributed by atoms with Crippen molar-refractivity contribution in [3.63, 3.8) is 0 Å². The minimum atomic E-state index is -3.62. The Morgan fingerprint density at radius 1 is 0.900 bits per heavy atom. The molecule has 1 heterocycles. The van der Waals surface area contributed by atoms with Gasteiger partial charge in [0, 0.05) is 5.56 Å². The van der Waals surface area contributed by atoms with Crippen molar-refractivity contribution in [3.8, 4) is 11.4 Å². The molecule has 0 bridgehead atoms. The molecule has 0 saturated carbocycles. The van der Waals surface area contributed by atoms with E-state index in [0.717, 1.165) is 5.56 Å². The highest BCUT2D eigenvalue weighted by Crippen LogP contribution is 2.21. The van der Waals surface area contributed by atoms with Crippen molar-refractivity contribution in [2.45, 2.75) is 9.92 Å². The lowest BCUT2D eigenvalue weighted by Crippen LogP contribution is -2.02. The number of imidazole rings is 1. The number of rotatable bonds is 3. The molecule has 0 saturated heterocycles. The summed E-state index contributed by atoms with van der Waals surface area (Å²) >= 11 is 0. The normalized spacial score (nSPS) is 11.4. The van der Waals surface area contributed by atoms with E-state index in [1.165, 1.54) is 0 Å². The maximum absolute atomic E-state index is 12.4. The van der Waals surface area contributed by atoms with E-state index in [4.69, 9.17) is 0 Å². The van der Waals surface area contributed by atoms with Crippen LogP contribution in [0, 0.1) is 6.20 Å². The third-order valence-electron chi connectivity index (χ3n) is 2.86. The maximum Gasteiger partial charge on any atom is 0.226 e. The molecule has 5 heteroatoms. The van der Waals surface area contributed by atoms with Gasteiger partial charge in [-0.3, -0.25) is 0 Å². The van der Waals surface area contributed by atoms with Crippen molar-refractivity contribution in [2.75, 3.05) is 0 Å². The van der Waals surface area contributed by atoms with Gasteiger partial charge >= 0.3 is 0 Å². The third-order valence-corrected chi connectivity index (χ3v) is 4.45. The van der Waals surface area contributed by atoms with Crippen molar-refractivity contribution in [2.24, 2.45) is 0 Å². The molecule has 1 radical (unpaired) electrons. The van der Waals surface area contributed by atoms with E-state index in [0.29, 0.717) is 5.82 Å². The highest BCUT2D eigenvalue weighted by Gasteiger charge is 2.21. The predicted octanol–water partition coefficient (Wildman–Crippen LogP) is 2.71. The monoisotopic (exact) mass is 283 g/mol. The molecule has 0 aliphatic rings. The fraction of sp³-hybridized carbons (Fsp3) is 0. The molecule has 20 heavy (non-hydrogen) atoms. The van der Waals surface area contributed by atoms with Crippen LogP contribution in [-0.4, -0.2) is 18.4 Å². The first kappa shape index (κ1) is 12.6. The van der Waals surface area contributed by atoms with E-state index in [-0.39, 0.29) is 9.92 Å². The number of hydrogen-bond acceptors (Lipinski definition) is 3. The lowest BCUT2D eigenvalue weighted by Gasteiger charge is -1.99. The largest absolute Gasteiger partial charge is 0.336 e. The van der Waals surface area contributed by atoms with Crippen molar-refractivity contribution in [1.82, 2.24) is 9.97 Å². The molecule has 0 aliphatic carbocycles. The number of aromatic nitrogens is 2. The number of aromatic amines is 1. The van der Waals surface area contributed by atoms with Crippen LogP contribution in [-0.2, 0) is 9.84 Å². The SMILES string of the molecule is O=S(=O)(c1ccccc1)c1[c][nH]c(-c2ccccc2)n1. The van der Waals surface area contributed by atoms with Crippen LogP contribution in [0.5, 0.6) is 0 Å². The molecule has 1 N–H and O–H groups in total. The number of nitrogens with one attached hydrogen (secondary N) is 1. The second-order valence-electron chi connectivity index (χ2n) is 4.20.